The van der Waals surface area contributed by atoms with Gasteiger partial charge in [0.2, 0.25) is 0 Å². The number of carbonyl (C=O) groups excluding carboxylic acids is 2. The highest BCUT2D eigenvalue weighted by Crippen LogP contribution is 2.24. The second-order valence-electron chi connectivity index (χ2n) is 5.96. The summed E-state index contributed by atoms with van der Waals surface area (Å²) in [6.45, 7) is 7.80. The van der Waals surface area contributed by atoms with E-state index < -0.39 is 5.97 Å². The number of halogens is 1. The Morgan fingerprint density at radius 2 is 1.85 bits per heavy atom. The number of benzene rings is 2. The molecule has 26 heavy (non-hydrogen) atoms. The minimum Gasteiger partial charge on any atom is -0.483 e. The summed E-state index contributed by atoms with van der Waals surface area (Å²) in [6, 6.07) is 8.59. The van der Waals surface area contributed by atoms with Gasteiger partial charge in [-0.2, -0.15) is 0 Å². The standard InChI is InChI=1S/C20H22ClNO4/c1-5-25-20(24)16-7-6-15(10-17(16)21)22-19(23)11-26-18-9-12(2)8-13(3)14(18)4/h6-10H,5,11H2,1-4H3,(H,22,23). The van der Waals surface area contributed by atoms with Crippen molar-refractivity contribution in [3.63, 3.8) is 0 Å². The molecule has 0 atom stereocenters. The number of carbonyl (C=O) groups is 2. The third-order valence-electron chi connectivity index (χ3n) is 3.87. The lowest BCUT2D eigenvalue weighted by atomic mass is 10.1. The average molecular weight is 376 g/mol. The van der Waals surface area contributed by atoms with Crippen molar-refractivity contribution in [1.82, 2.24) is 0 Å². The average Bonchev–Trinajstić information content (AvgIpc) is 2.57. The number of ether oxygens (including phenoxy) is 2. The van der Waals surface area contributed by atoms with Crippen LogP contribution in [-0.4, -0.2) is 25.1 Å². The van der Waals surface area contributed by atoms with Crippen LogP contribution in [0.2, 0.25) is 5.02 Å². The Bertz CT molecular complexity index is 833. The fourth-order valence-corrected chi connectivity index (χ4v) is 2.72. The van der Waals surface area contributed by atoms with Gasteiger partial charge in [-0.1, -0.05) is 17.7 Å². The molecule has 0 bridgehead atoms. The summed E-state index contributed by atoms with van der Waals surface area (Å²) in [7, 11) is 0. The van der Waals surface area contributed by atoms with E-state index >= 15 is 0 Å². The van der Waals surface area contributed by atoms with E-state index in [4.69, 9.17) is 21.1 Å². The molecule has 2 aromatic rings. The Kier molecular flexibility index (Phi) is 6.64. The fourth-order valence-electron chi connectivity index (χ4n) is 2.46. The first-order valence-corrected chi connectivity index (χ1v) is 8.66. The van der Waals surface area contributed by atoms with E-state index in [1.165, 1.54) is 12.1 Å². The molecule has 0 unspecified atom stereocenters. The monoisotopic (exact) mass is 375 g/mol. The predicted octanol–water partition coefficient (Wildman–Crippen LogP) is 4.46. The molecule has 0 heterocycles. The second kappa shape index (κ2) is 8.72. The van der Waals surface area contributed by atoms with Crippen molar-refractivity contribution in [2.24, 2.45) is 0 Å². The first-order chi connectivity index (χ1) is 12.3. The third-order valence-corrected chi connectivity index (χ3v) is 4.18. The number of aryl methyl sites for hydroxylation is 2. The Balaban J connectivity index is 2.00. The van der Waals surface area contributed by atoms with E-state index in [1.54, 1.807) is 13.0 Å². The molecule has 0 saturated heterocycles. The quantitative estimate of drug-likeness (QED) is 0.757. The number of amides is 1. The summed E-state index contributed by atoms with van der Waals surface area (Å²) >= 11 is 6.09. The number of hydrogen-bond donors (Lipinski definition) is 1. The Hall–Kier alpha value is -2.53. The maximum atomic E-state index is 12.1. The molecule has 0 aliphatic rings. The van der Waals surface area contributed by atoms with Crippen molar-refractivity contribution in [1.29, 1.82) is 0 Å². The van der Waals surface area contributed by atoms with Crippen LogP contribution in [0.1, 0.15) is 34.0 Å². The number of hydrogen-bond acceptors (Lipinski definition) is 4. The van der Waals surface area contributed by atoms with Gasteiger partial charge in [-0.15, -0.1) is 0 Å². The maximum Gasteiger partial charge on any atom is 0.339 e. The molecule has 0 aromatic heterocycles. The first-order valence-electron chi connectivity index (χ1n) is 8.29. The zero-order valence-corrected chi connectivity index (χ0v) is 16.1. The summed E-state index contributed by atoms with van der Waals surface area (Å²) in [5.41, 5.74) is 3.93. The minimum absolute atomic E-state index is 0.124. The lowest BCUT2D eigenvalue weighted by Crippen LogP contribution is -2.20. The molecule has 0 aliphatic carbocycles. The van der Waals surface area contributed by atoms with Crippen LogP contribution in [0.15, 0.2) is 30.3 Å². The fraction of sp³-hybridized carbons (Fsp3) is 0.300. The van der Waals surface area contributed by atoms with Gasteiger partial charge in [0.05, 0.1) is 17.2 Å². The van der Waals surface area contributed by atoms with E-state index in [9.17, 15) is 9.59 Å². The molecule has 0 aliphatic heterocycles. The normalized spacial score (nSPS) is 10.3. The van der Waals surface area contributed by atoms with E-state index in [1.807, 2.05) is 26.8 Å². The van der Waals surface area contributed by atoms with Gasteiger partial charge in [-0.3, -0.25) is 4.79 Å². The molecule has 0 fully saturated rings. The van der Waals surface area contributed by atoms with Crippen molar-refractivity contribution < 1.29 is 19.1 Å². The molecule has 2 aromatic carbocycles. The lowest BCUT2D eigenvalue weighted by molar-refractivity contribution is -0.118. The van der Waals surface area contributed by atoms with Crippen molar-refractivity contribution >= 4 is 29.2 Å². The van der Waals surface area contributed by atoms with Crippen LogP contribution in [0.5, 0.6) is 5.75 Å². The summed E-state index contributed by atoms with van der Waals surface area (Å²) in [4.78, 5) is 23.9. The topological polar surface area (TPSA) is 64.6 Å². The van der Waals surface area contributed by atoms with E-state index in [0.717, 1.165) is 16.7 Å². The van der Waals surface area contributed by atoms with Crippen LogP contribution >= 0.6 is 11.6 Å². The molecule has 0 saturated carbocycles. The van der Waals surface area contributed by atoms with Gasteiger partial charge in [0.15, 0.2) is 6.61 Å². The minimum atomic E-state index is -0.496. The zero-order valence-electron chi connectivity index (χ0n) is 15.3. The number of nitrogens with one attached hydrogen (secondary N) is 1. The molecule has 5 nitrogen and oxygen atoms in total. The van der Waals surface area contributed by atoms with Crippen molar-refractivity contribution in [3.8, 4) is 5.75 Å². The second-order valence-corrected chi connectivity index (χ2v) is 6.36. The molecule has 2 rings (SSSR count). The van der Waals surface area contributed by atoms with Crippen molar-refractivity contribution in [2.75, 3.05) is 18.5 Å². The Morgan fingerprint density at radius 3 is 2.50 bits per heavy atom. The molecule has 138 valence electrons. The predicted molar refractivity (Wildman–Crippen MR) is 102 cm³/mol. The SMILES string of the molecule is CCOC(=O)c1ccc(NC(=O)COc2cc(C)cc(C)c2C)cc1Cl. The Morgan fingerprint density at radius 1 is 1.12 bits per heavy atom. The van der Waals surface area contributed by atoms with E-state index in [2.05, 4.69) is 11.4 Å². The highest BCUT2D eigenvalue weighted by molar-refractivity contribution is 6.34. The summed E-state index contributed by atoms with van der Waals surface area (Å²) < 4.78 is 10.6. The highest BCUT2D eigenvalue weighted by atomic mass is 35.5. The molecule has 0 spiro atoms. The van der Waals surface area contributed by atoms with Crippen LogP contribution in [0, 0.1) is 20.8 Å². The summed E-state index contributed by atoms with van der Waals surface area (Å²) in [5.74, 6) is -0.124. The van der Waals surface area contributed by atoms with Gasteiger partial charge in [-0.05, 0) is 68.7 Å². The van der Waals surface area contributed by atoms with Gasteiger partial charge in [-0.25, -0.2) is 4.79 Å². The highest BCUT2D eigenvalue weighted by Gasteiger charge is 2.13. The third kappa shape index (κ3) is 4.99. The number of esters is 1. The molecule has 1 amide bonds. The number of anilines is 1. The van der Waals surface area contributed by atoms with Crippen LogP contribution in [0.4, 0.5) is 5.69 Å². The van der Waals surface area contributed by atoms with Gasteiger partial charge in [0.25, 0.3) is 5.91 Å². The van der Waals surface area contributed by atoms with Crippen molar-refractivity contribution in [2.45, 2.75) is 27.7 Å². The largest absolute Gasteiger partial charge is 0.483 e. The molecule has 6 heteroatoms. The van der Waals surface area contributed by atoms with Crippen LogP contribution in [0.3, 0.4) is 0 Å². The smallest absolute Gasteiger partial charge is 0.339 e. The van der Waals surface area contributed by atoms with Gasteiger partial charge >= 0.3 is 5.97 Å². The number of rotatable bonds is 6. The van der Waals surface area contributed by atoms with Gasteiger partial charge in [0, 0.05) is 5.69 Å². The van der Waals surface area contributed by atoms with Crippen LogP contribution < -0.4 is 10.1 Å². The van der Waals surface area contributed by atoms with E-state index in [0.29, 0.717) is 11.4 Å². The molecule has 0 radical (unpaired) electrons. The summed E-state index contributed by atoms with van der Waals surface area (Å²) in [6.07, 6.45) is 0. The lowest BCUT2D eigenvalue weighted by Gasteiger charge is -2.13. The molecular weight excluding hydrogens is 354 g/mol. The summed E-state index contributed by atoms with van der Waals surface area (Å²) in [5, 5.41) is 2.91. The molecular formula is C20H22ClNO4. The molecule has 1 N–H and O–H groups in total. The van der Waals surface area contributed by atoms with Crippen LogP contribution in [-0.2, 0) is 9.53 Å². The van der Waals surface area contributed by atoms with E-state index in [-0.39, 0.29) is 29.7 Å². The van der Waals surface area contributed by atoms with Crippen molar-refractivity contribution in [3.05, 3.63) is 57.6 Å². The maximum absolute atomic E-state index is 12.1. The van der Waals surface area contributed by atoms with Crippen LogP contribution in [0.25, 0.3) is 0 Å². The zero-order chi connectivity index (χ0) is 19.3. The van der Waals surface area contributed by atoms with Gasteiger partial charge in [0.1, 0.15) is 5.75 Å². The van der Waals surface area contributed by atoms with Gasteiger partial charge < -0.3 is 14.8 Å². The Labute approximate surface area is 158 Å². The first kappa shape index (κ1) is 19.8.